The standard InChI is InChI=1S/C25H31N3O3/c1-19(2)16-25(3)23(30)28(24(31)26-25)18-22(29)27(17-21-12-8-5-9-13-21)15-14-20-10-6-4-7-11-20/h4-13,19H,14-18H2,1-3H3,(H,26,31). The third-order valence-corrected chi connectivity index (χ3v) is 5.54. The van der Waals surface area contributed by atoms with Crippen LogP contribution in [0.1, 0.15) is 38.3 Å². The van der Waals surface area contributed by atoms with E-state index in [0.29, 0.717) is 25.9 Å². The van der Waals surface area contributed by atoms with Gasteiger partial charge < -0.3 is 10.2 Å². The third kappa shape index (κ3) is 5.72. The summed E-state index contributed by atoms with van der Waals surface area (Å²) in [7, 11) is 0. The van der Waals surface area contributed by atoms with Crippen molar-refractivity contribution in [1.29, 1.82) is 0 Å². The highest BCUT2D eigenvalue weighted by Crippen LogP contribution is 2.25. The Morgan fingerprint density at radius 2 is 1.58 bits per heavy atom. The van der Waals surface area contributed by atoms with Gasteiger partial charge in [-0.05, 0) is 36.8 Å². The second-order valence-corrected chi connectivity index (χ2v) is 8.79. The molecule has 2 aromatic carbocycles. The minimum atomic E-state index is -0.959. The maximum absolute atomic E-state index is 13.2. The van der Waals surface area contributed by atoms with E-state index in [-0.39, 0.29) is 24.3 Å². The van der Waals surface area contributed by atoms with Crippen LogP contribution in [0.3, 0.4) is 0 Å². The van der Waals surface area contributed by atoms with Crippen LogP contribution < -0.4 is 5.32 Å². The maximum atomic E-state index is 13.2. The monoisotopic (exact) mass is 421 g/mol. The number of nitrogens with one attached hydrogen (secondary N) is 1. The number of rotatable bonds is 9. The Kier molecular flexibility index (Phi) is 7.10. The van der Waals surface area contributed by atoms with Gasteiger partial charge in [0.1, 0.15) is 12.1 Å². The quantitative estimate of drug-likeness (QED) is 0.629. The van der Waals surface area contributed by atoms with Gasteiger partial charge in [0, 0.05) is 13.1 Å². The predicted molar refractivity (Wildman–Crippen MR) is 120 cm³/mol. The Bertz CT molecular complexity index is 914. The molecule has 31 heavy (non-hydrogen) atoms. The molecular weight excluding hydrogens is 390 g/mol. The van der Waals surface area contributed by atoms with Crippen molar-refractivity contribution in [3.05, 3.63) is 71.8 Å². The molecule has 1 fully saturated rings. The van der Waals surface area contributed by atoms with Crippen molar-refractivity contribution in [1.82, 2.24) is 15.1 Å². The summed E-state index contributed by atoms with van der Waals surface area (Å²) in [5, 5.41) is 2.78. The van der Waals surface area contributed by atoms with Gasteiger partial charge in [0.05, 0.1) is 0 Å². The maximum Gasteiger partial charge on any atom is 0.325 e. The number of hydrogen-bond donors (Lipinski definition) is 1. The molecule has 1 aliphatic rings. The first kappa shape index (κ1) is 22.5. The van der Waals surface area contributed by atoms with Crippen molar-refractivity contribution in [2.24, 2.45) is 5.92 Å². The SMILES string of the molecule is CC(C)CC1(C)NC(=O)N(CC(=O)N(CCc2ccccc2)Cc2ccccc2)C1=O. The molecule has 3 rings (SSSR count). The van der Waals surface area contributed by atoms with Crippen LogP contribution in [0.15, 0.2) is 60.7 Å². The van der Waals surface area contributed by atoms with Crippen LogP contribution in [-0.4, -0.2) is 46.3 Å². The second kappa shape index (κ2) is 9.77. The summed E-state index contributed by atoms with van der Waals surface area (Å²) in [6, 6.07) is 19.2. The van der Waals surface area contributed by atoms with Crippen LogP contribution in [-0.2, 0) is 22.6 Å². The topological polar surface area (TPSA) is 69.7 Å². The molecule has 2 aromatic rings. The highest BCUT2D eigenvalue weighted by molar-refractivity contribution is 6.08. The first-order valence-electron chi connectivity index (χ1n) is 10.8. The lowest BCUT2D eigenvalue weighted by Gasteiger charge is -2.26. The molecule has 0 bridgehead atoms. The fraction of sp³-hybridized carbons (Fsp3) is 0.400. The average Bonchev–Trinajstić information content (AvgIpc) is 2.94. The first-order chi connectivity index (χ1) is 14.8. The van der Waals surface area contributed by atoms with Gasteiger partial charge in [-0.3, -0.25) is 14.5 Å². The van der Waals surface area contributed by atoms with Crippen molar-refractivity contribution >= 4 is 17.8 Å². The van der Waals surface area contributed by atoms with Gasteiger partial charge in [-0.2, -0.15) is 0 Å². The van der Waals surface area contributed by atoms with Crippen LogP contribution >= 0.6 is 0 Å². The minimum Gasteiger partial charge on any atom is -0.336 e. The fourth-order valence-electron chi connectivity index (χ4n) is 4.09. The zero-order chi connectivity index (χ0) is 22.4. The number of carbonyl (C=O) groups is 3. The van der Waals surface area contributed by atoms with E-state index < -0.39 is 11.6 Å². The molecule has 164 valence electrons. The van der Waals surface area contributed by atoms with Gasteiger partial charge in [0.2, 0.25) is 5.91 Å². The van der Waals surface area contributed by atoms with Crippen molar-refractivity contribution in [3.8, 4) is 0 Å². The van der Waals surface area contributed by atoms with E-state index in [1.807, 2.05) is 74.5 Å². The molecule has 0 saturated carbocycles. The van der Waals surface area contributed by atoms with Crippen LogP contribution in [0.5, 0.6) is 0 Å². The zero-order valence-corrected chi connectivity index (χ0v) is 18.5. The van der Waals surface area contributed by atoms with E-state index >= 15 is 0 Å². The molecule has 0 aliphatic carbocycles. The van der Waals surface area contributed by atoms with Crippen LogP contribution in [0.2, 0.25) is 0 Å². The molecule has 1 unspecified atom stereocenters. The largest absolute Gasteiger partial charge is 0.336 e. The van der Waals surface area contributed by atoms with Gasteiger partial charge in [-0.15, -0.1) is 0 Å². The van der Waals surface area contributed by atoms with E-state index in [9.17, 15) is 14.4 Å². The lowest BCUT2D eigenvalue weighted by molar-refractivity contribution is -0.139. The number of amides is 4. The summed E-state index contributed by atoms with van der Waals surface area (Å²) in [6.45, 7) is 6.42. The molecule has 1 saturated heterocycles. The van der Waals surface area contributed by atoms with Crippen LogP contribution in [0.25, 0.3) is 0 Å². The van der Waals surface area contributed by atoms with Gasteiger partial charge >= 0.3 is 6.03 Å². The molecule has 0 spiro atoms. The summed E-state index contributed by atoms with van der Waals surface area (Å²) in [4.78, 5) is 41.4. The number of hydrogen-bond acceptors (Lipinski definition) is 3. The van der Waals surface area contributed by atoms with Gasteiger partial charge in [-0.25, -0.2) is 4.79 Å². The highest BCUT2D eigenvalue weighted by atomic mass is 16.2. The molecule has 1 heterocycles. The number of benzene rings is 2. The van der Waals surface area contributed by atoms with E-state index in [1.54, 1.807) is 11.8 Å². The van der Waals surface area contributed by atoms with E-state index in [0.717, 1.165) is 16.0 Å². The Morgan fingerprint density at radius 1 is 1.00 bits per heavy atom. The van der Waals surface area contributed by atoms with Gasteiger partial charge in [-0.1, -0.05) is 74.5 Å². The summed E-state index contributed by atoms with van der Waals surface area (Å²) in [5.41, 5.74) is 1.18. The average molecular weight is 422 g/mol. The molecule has 1 aliphatic heterocycles. The lowest BCUT2D eigenvalue weighted by Crippen LogP contribution is -2.46. The number of urea groups is 1. The van der Waals surface area contributed by atoms with Gasteiger partial charge in [0.25, 0.3) is 5.91 Å². The second-order valence-electron chi connectivity index (χ2n) is 8.79. The normalized spacial score (nSPS) is 18.4. The predicted octanol–water partition coefficient (Wildman–Crippen LogP) is 3.61. The van der Waals surface area contributed by atoms with Crippen LogP contribution in [0, 0.1) is 5.92 Å². The molecule has 4 amide bonds. The summed E-state index contributed by atoms with van der Waals surface area (Å²) < 4.78 is 0. The smallest absolute Gasteiger partial charge is 0.325 e. The van der Waals surface area contributed by atoms with E-state index in [4.69, 9.17) is 0 Å². The Balaban J connectivity index is 1.72. The van der Waals surface area contributed by atoms with Gasteiger partial charge in [0.15, 0.2) is 0 Å². The summed E-state index contributed by atoms with van der Waals surface area (Å²) in [6.07, 6.45) is 1.23. The van der Waals surface area contributed by atoms with Crippen molar-refractivity contribution in [2.45, 2.75) is 45.7 Å². The number of imide groups is 1. The zero-order valence-electron chi connectivity index (χ0n) is 18.5. The molecular formula is C25H31N3O3. The van der Waals surface area contributed by atoms with Crippen molar-refractivity contribution in [3.63, 3.8) is 0 Å². The first-order valence-corrected chi connectivity index (χ1v) is 10.8. The Morgan fingerprint density at radius 3 is 2.16 bits per heavy atom. The molecule has 6 nitrogen and oxygen atoms in total. The molecule has 0 aromatic heterocycles. The van der Waals surface area contributed by atoms with Crippen LogP contribution in [0.4, 0.5) is 4.79 Å². The van der Waals surface area contributed by atoms with Crippen molar-refractivity contribution in [2.75, 3.05) is 13.1 Å². The van der Waals surface area contributed by atoms with E-state index in [1.165, 1.54) is 0 Å². The Labute approximate surface area is 184 Å². The minimum absolute atomic E-state index is 0.239. The summed E-state index contributed by atoms with van der Waals surface area (Å²) >= 11 is 0. The number of carbonyl (C=O) groups excluding carboxylic acids is 3. The Hall–Kier alpha value is -3.15. The molecule has 0 radical (unpaired) electrons. The summed E-state index contributed by atoms with van der Waals surface area (Å²) in [5.74, 6) is -0.329. The third-order valence-electron chi connectivity index (χ3n) is 5.54. The molecule has 1 atom stereocenters. The number of nitrogens with zero attached hydrogens (tertiary/aromatic N) is 2. The lowest BCUT2D eigenvalue weighted by atomic mass is 9.91. The molecule has 6 heteroatoms. The van der Waals surface area contributed by atoms with E-state index in [2.05, 4.69) is 5.32 Å². The van der Waals surface area contributed by atoms with Crippen molar-refractivity contribution < 1.29 is 14.4 Å². The highest BCUT2D eigenvalue weighted by Gasteiger charge is 2.48. The fourth-order valence-corrected chi connectivity index (χ4v) is 4.09. The molecule has 1 N–H and O–H groups in total.